The van der Waals surface area contributed by atoms with Crippen LogP contribution >= 0.6 is 11.8 Å². The lowest BCUT2D eigenvalue weighted by molar-refractivity contribution is 0.414. The van der Waals surface area contributed by atoms with Gasteiger partial charge in [0.2, 0.25) is 5.89 Å². The number of fused-ring (bicyclic) bond motifs is 1. The summed E-state index contributed by atoms with van der Waals surface area (Å²) in [5.41, 5.74) is 7.99. The number of anilines is 1. The molecule has 5 heteroatoms. The molecule has 0 fully saturated rings. The fourth-order valence-corrected chi connectivity index (χ4v) is 2.61. The number of nitrogens with zero attached hydrogens (tertiary/aromatic N) is 1. The van der Waals surface area contributed by atoms with Gasteiger partial charge in [-0.2, -0.15) is 0 Å². The molecule has 2 N–H and O–H groups in total. The van der Waals surface area contributed by atoms with Crippen LogP contribution in [0.2, 0.25) is 0 Å². The Hall–Kier alpha value is -2.14. The second-order valence-electron chi connectivity index (χ2n) is 4.30. The number of nitrogen functional groups attached to an aromatic ring is 1. The highest BCUT2D eigenvalue weighted by Crippen LogP contribution is 2.26. The van der Waals surface area contributed by atoms with E-state index < -0.39 is 0 Å². The number of aromatic nitrogens is 1. The van der Waals surface area contributed by atoms with E-state index in [1.165, 1.54) is 0 Å². The van der Waals surface area contributed by atoms with Gasteiger partial charge in [0.1, 0.15) is 11.3 Å². The van der Waals surface area contributed by atoms with Crippen molar-refractivity contribution in [3.8, 4) is 5.75 Å². The van der Waals surface area contributed by atoms with Crippen LogP contribution in [0, 0.1) is 0 Å². The van der Waals surface area contributed by atoms with Gasteiger partial charge in [-0.1, -0.05) is 0 Å². The highest BCUT2D eigenvalue weighted by molar-refractivity contribution is 7.98. The molecule has 20 heavy (non-hydrogen) atoms. The molecule has 4 nitrogen and oxygen atoms in total. The van der Waals surface area contributed by atoms with Gasteiger partial charge in [0.25, 0.3) is 0 Å². The van der Waals surface area contributed by atoms with Gasteiger partial charge in [-0.3, -0.25) is 0 Å². The van der Waals surface area contributed by atoms with Crippen molar-refractivity contribution in [1.82, 2.24) is 4.98 Å². The van der Waals surface area contributed by atoms with Crippen LogP contribution < -0.4 is 10.5 Å². The predicted octanol–water partition coefficient (Wildman–Crippen LogP) is 3.71. The Bertz CT molecular complexity index is 722. The van der Waals surface area contributed by atoms with E-state index in [9.17, 15) is 0 Å². The molecule has 3 rings (SSSR count). The van der Waals surface area contributed by atoms with E-state index in [0.29, 0.717) is 17.3 Å². The minimum absolute atomic E-state index is 0.681. The molecular weight excluding hydrogens is 272 g/mol. The number of methoxy groups -OCH3 is 1. The molecule has 2 aromatic carbocycles. The average molecular weight is 286 g/mol. The summed E-state index contributed by atoms with van der Waals surface area (Å²) in [6, 6.07) is 13.4. The summed E-state index contributed by atoms with van der Waals surface area (Å²) in [4.78, 5) is 5.58. The van der Waals surface area contributed by atoms with E-state index in [4.69, 9.17) is 14.9 Å². The highest BCUT2D eigenvalue weighted by atomic mass is 32.2. The zero-order valence-electron chi connectivity index (χ0n) is 11.0. The van der Waals surface area contributed by atoms with Crippen molar-refractivity contribution in [1.29, 1.82) is 0 Å². The maximum absolute atomic E-state index is 5.73. The van der Waals surface area contributed by atoms with E-state index in [1.807, 2.05) is 42.5 Å². The summed E-state index contributed by atoms with van der Waals surface area (Å²) in [7, 11) is 1.66. The maximum atomic E-state index is 5.73. The smallest absolute Gasteiger partial charge is 0.205 e. The van der Waals surface area contributed by atoms with Gasteiger partial charge in [-0.05, 0) is 42.5 Å². The van der Waals surface area contributed by atoms with Crippen LogP contribution in [-0.2, 0) is 5.75 Å². The van der Waals surface area contributed by atoms with Gasteiger partial charge < -0.3 is 14.9 Å². The van der Waals surface area contributed by atoms with E-state index in [1.54, 1.807) is 18.9 Å². The standard InChI is InChI=1S/C15H14N2O2S/c1-18-11-3-5-12(6-4-11)20-9-15-17-13-8-10(16)2-7-14(13)19-15/h2-8H,9,16H2,1H3. The number of hydrogen-bond acceptors (Lipinski definition) is 5. The number of nitrogens with two attached hydrogens (primary N) is 1. The molecule has 0 bridgehead atoms. The largest absolute Gasteiger partial charge is 0.497 e. The van der Waals surface area contributed by atoms with E-state index in [2.05, 4.69) is 4.98 Å². The molecule has 0 amide bonds. The number of hydrogen-bond donors (Lipinski definition) is 1. The molecular formula is C15H14N2O2S. The normalized spacial score (nSPS) is 10.8. The fraction of sp³-hybridized carbons (Fsp3) is 0.133. The third-order valence-corrected chi connectivity index (χ3v) is 3.87. The summed E-state index contributed by atoms with van der Waals surface area (Å²) in [6.45, 7) is 0. The van der Waals surface area contributed by atoms with Crippen LogP contribution in [0.3, 0.4) is 0 Å². The summed E-state index contributed by atoms with van der Waals surface area (Å²) in [5, 5.41) is 0. The first-order chi connectivity index (χ1) is 9.74. The van der Waals surface area contributed by atoms with E-state index in [-0.39, 0.29) is 0 Å². The van der Waals surface area contributed by atoms with Crippen LogP contribution in [-0.4, -0.2) is 12.1 Å². The third-order valence-electron chi connectivity index (χ3n) is 2.88. The Morgan fingerprint density at radius 2 is 2.00 bits per heavy atom. The molecule has 1 heterocycles. The van der Waals surface area contributed by atoms with Gasteiger partial charge >= 0.3 is 0 Å². The number of oxazole rings is 1. The second kappa shape index (κ2) is 5.46. The van der Waals surface area contributed by atoms with Crippen LogP contribution in [0.5, 0.6) is 5.75 Å². The maximum Gasteiger partial charge on any atom is 0.205 e. The topological polar surface area (TPSA) is 61.3 Å². The Morgan fingerprint density at radius 1 is 1.20 bits per heavy atom. The first-order valence-electron chi connectivity index (χ1n) is 6.16. The van der Waals surface area contributed by atoms with Crippen molar-refractivity contribution in [2.75, 3.05) is 12.8 Å². The van der Waals surface area contributed by atoms with Crippen molar-refractivity contribution >= 4 is 28.5 Å². The summed E-state index contributed by atoms with van der Waals surface area (Å²) < 4.78 is 10.8. The molecule has 102 valence electrons. The monoisotopic (exact) mass is 286 g/mol. The lowest BCUT2D eigenvalue weighted by Gasteiger charge is -2.01. The molecule has 1 aromatic heterocycles. The highest BCUT2D eigenvalue weighted by Gasteiger charge is 2.06. The van der Waals surface area contributed by atoms with Crippen LogP contribution in [0.1, 0.15) is 5.89 Å². The average Bonchev–Trinajstić information content (AvgIpc) is 2.87. The predicted molar refractivity (Wildman–Crippen MR) is 81.0 cm³/mol. The summed E-state index contributed by atoms with van der Waals surface area (Å²) >= 11 is 1.67. The number of benzene rings is 2. The lowest BCUT2D eigenvalue weighted by atomic mass is 10.3. The first kappa shape index (κ1) is 12.9. The zero-order chi connectivity index (χ0) is 13.9. The minimum atomic E-state index is 0.681. The van der Waals surface area contributed by atoms with Crippen molar-refractivity contribution in [2.24, 2.45) is 0 Å². The Morgan fingerprint density at radius 3 is 2.75 bits per heavy atom. The zero-order valence-corrected chi connectivity index (χ0v) is 11.8. The summed E-state index contributed by atoms with van der Waals surface area (Å²) in [6.07, 6.45) is 0. The van der Waals surface area contributed by atoms with Crippen molar-refractivity contribution in [3.63, 3.8) is 0 Å². The van der Waals surface area contributed by atoms with Crippen molar-refractivity contribution in [3.05, 3.63) is 48.4 Å². The fourth-order valence-electron chi connectivity index (χ4n) is 1.87. The van der Waals surface area contributed by atoms with Crippen molar-refractivity contribution < 1.29 is 9.15 Å². The van der Waals surface area contributed by atoms with Gasteiger partial charge in [0, 0.05) is 10.6 Å². The molecule has 0 unspecified atom stereocenters. The van der Waals surface area contributed by atoms with E-state index in [0.717, 1.165) is 21.7 Å². The Labute approximate surface area is 120 Å². The van der Waals surface area contributed by atoms with Gasteiger partial charge in [0.15, 0.2) is 5.58 Å². The Balaban J connectivity index is 1.72. The quantitative estimate of drug-likeness (QED) is 0.585. The number of ether oxygens (including phenoxy) is 1. The molecule has 0 spiro atoms. The van der Waals surface area contributed by atoms with Gasteiger partial charge in [0.05, 0.1) is 12.9 Å². The number of rotatable bonds is 4. The van der Waals surface area contributed by atoms with Crippen LogP contribution in [0.25, 0.3) is 11.1 Å². The van der Waals surface area contributed by atoms with Crippen LogP contribution in [0.4, 0.5) is 5.69 Å². The number of thioether (sulfide) groups is 1. The third kappa shape index (κ3) is 2.72. The molecule has 3 aromatic rings. The Kier molecular flexibility index (Phi) is 3.52. The van der Waals surface area contributed by atoms with E-state index >= 15 is 0 Å². The molecule has 0 aliphatic carbocycles. The molecule has 0 aliphatic heterocycles. The molecule has 0 saturated carbocycles. The molecule has 0 atom stereocenters. The first-order valence-corrected chi connectivity index (χ1v) is 7.15. The SMILES string of the molecule is COc1ccc(SCc2nc3cc(N)ccc3o2)cc1. The second-order valence-corrected chi connectivity index (χ2v) is 5.35. The minimum Gasteiger partial charge on any atom is -0.497 e. The molecule has 0 saturated heterocycles. The summed E-state index contributed by atoms with van der Waals surface area (Å²) in [5.74, 6) is 2.24. The lowest BCUT2D eigenvalue weighted by Crippen LogP contribution is -1.83. The van der Waals surface area contributed by atoms with Gasteiger partial charge in [-0.25, -0.2) is 4.98 Å². The molecule has 0 radical (unpaired) electrons. The molecule has 0 aliphatic rings. The van der Waals surface area contributed by atoms with Crippen LogP contribution in [0.15, 0.2) is 51.8 Å². The van der Waals surface area contributed by atoms with Gasteiger partial charge in [-0.15, -0.1) is 11.8 Å². The van der Waals surface area contributed by atoms with Crippen molar-refractivity contribution in [2.45, 2.75) is 10.6 Å².